The van der Waals surface area contributed by atoms with Gasteiger partial charge in [0.1, 0.15) is 0 Å². The Balaban J connectivity index is 0.000000771. The van der Waals surface area contributed by atoms with E-state index in [1.54, 1.807) is 0 Å². The third kappa shape index (κ3) is 4.87. The molecule has 108 valence electrons. The molecule has 2 aliphatic rings. The summed E-state index contributed by atoms with van der Waals surface area (Å²) < 4.78 is 0. The molecule has 3 heteroatoms. The Morgan fingerprint density at radius 2 is 1.39 bits per heavy atom. The maximum absolute atomic E-state index is 2.61. The topological polar surface area (TPSA) is 9.72 Å². The number of hydrogen-bond donors (Lipinski definition) is 0. The first-order valence-electron chi connectivity index (χ1n) is 7.78. The van der Waals surface area contributed by atoms with Crippen molar-refractivity contribution in [3.8, 4) is 0 Å². The zero-order chi connectivity index (χ0) is 13.5. The molecule has 0 unspecified atom stereocenters. The van der Waals surface area contributed by atoms with Crippen LogP contribution in [-0.2, 0) is 0 Å². The predicted molar refractivity (Wildman–Crippen MR) is 80.1 cm³/mol. The van der Waals surface area contributed by atoms with Crippen LogP contribution < -0.4 is 0 Å². The molecule has 0 radical (unpaired) electrons. The standard InChI is InChI=1S/C13H27N3.C2H6/c1-12(2)13-10-16(11-13)9-8-15-6-4-14(3)5-7-15;1-2/h12-13H,4-11H2,1-3H3;1-2H3. The van der Waals surface area contributed by atoms with Crippen LogP contribution in [-0.4, -0.2) is 74.1 Å². The summed E-state index contributed by atoms with van der Waals surface area (Å²) in [6, 6.07) is 0. The van der Waals surface area contributed by atoms with Gasteiger partial charge in [0.2, 0.25) is 0 Å². The Kier molecular flexibility index (Phi) is 7.20. The predicted octanol–water partition coefficient (Wildman–Crippen LogP) is 1.85. The minimum Gasteiger partial charge on any atom is -0.304 e. The van der Waals surface area contributed by atoms with Gasteiger partial charge in [-0.3, -0.25) is 4.90 Å². The van der Waals surface area contributed by atoms with Crippen LogP contribution in [0.2, 0.25) is 0 Å². The average Bonchev–Trinajstić information content (AvgIpc) is 2.31. The van der Waals surface area contributed by atoms with E-state index < -0.39 is 0 Å². The fourth-order valence-corrected chi connectivity index (χ4v) is 2.57. The SMILES string of the molecule is CC.CC(C)C1CN(CCN2CCN(C)CC2)C1. The lowest BCUT2D eigenvalue weighted by Crippen LogP contribution is -2.53. The van der Waals surface area contributed by atoms with E-state index in [1.807, 2.05) is 13.8 Å². The molecule has 2 rings (SSSR count). The molecule has 0 bridgehead atoms. The van der Waals surface area contributed by atoms with E-state index in [0.717, 1.165) is 11.8 Å². The number of piperazine rings is 1. The lowest BCUT2D eigenvalue weighted by atomic mass is 9.88. The molecule has 2 saturated heterocycles. The van der Waals surface area contributed by atoms with E-state index in [9.17, 15) is 0 Å². The molecular weight excluding hydrogens is 222 g/mol. The van der Waals surface area contributed by atoms with Gasteiger partial charge in [0.25, 0.3) is 0 Å². The summed E-state index contributed by atoms with van der Waals surface area (Å²) in [6.45, 7) is 19.0. The van der Waals surface area contributed by atoms with Gasteiger partial charge in [0.15, 0.2) is 0 Å². The number of likely N-dealkylation sites (N-methyl/N-ethyl adjacent to an activating group) is 1. The molecule has 0 atom stereocenters. The van der Waals surface area contributed by atoms with Crippen LogP contribution in [0.5, 0.6) is 0 Å². The summed E-state index contributed by atoms with van der Waals surface area (Å²) in [5, 5.41) is 0. The summed E-state index contributed by atoms with van der Waals surface area (Å²) in [5.74, 6) is 1.84. The van der Waals surface area contributed by atoms with Crippen molar-refractivity contribution in [3.63, 3.8) is 0 Å². The van der Waals surface area contributed by atoms with Crippen molar-refractivity contribution in [1.82, 2.24) is 14.7 Å². The molecule has 0 saturated carbocycles. The number of rotatable bonds is 4. The Morgan fingerprint density at radius 3 is 1.89 bits per heavy atom. The van der Waals surface area contributed by atoms with Crippen molar-refractivity contribution < 1.29 is 0 Å². The highest BCUT2D eigenvalue weighted by Gasteiger charge is 2.28. The summed E-state index contributed by atoms with van der Waals surface area (Å²) >= 11 is 0. The van der Waals surface area contributed by atoms with Crippen molar-refractivity contribution in [2.75, 3.05) is 59.4 Å². The average molecular weight is 255 g/mol. The van der Waals surface area contributed by atoms with Gasteiger partial charge in [-0.1, -0.05) is 27.7 Å². The first kappa shape index (κ1) is 15.9. The largest absolute Gasteiger partial charge is 0.304 e. The van der Waals surface area contributed by atoms with Crippen LogP contribution in [0.25, 0.3) is 0 Å². The molecular formula is C15H33N3. The van der Waals surface area contributed by atoms with E-state index >= 15 is 0 Å². The molecule has 0 aromatic rings. The van der Waals surface area contributed by atoms with Crippen LogP contribution in [0.1, 0.15) is 27.7 Å². The van der Waals surface area contributed by atoms with Crippen LogP contribution in [0.3, 0.4) is 0 Å². The Hall–Kier alpha value is -0.120. The second-order valence-corrected chi connectivity index (χ2v) is 5.91. The van der Waals surface area contributed by atoms with Crippen LogP contribution in [0.4, 0.5) is 0 Å². The summed E-state index contributed by atoms with van der Waals surface area (Å²) in [6.07, 6.45) is 0. The maximum atomic E-state index is 2.61. The lowest BCUT2D eigenvalue weighted by molar-refractivity contribution is 0.0508. The zero-order valence-corrected chi connectivity index (χ0v) is 13.2. The van der Waals surface area contributed by atoms with Gasteiger partial charge in [0.05, 0.1) is 0 Å². The number of hydrogen-bond acceptors (Lipinski definition) is 3. The van der Waals surface area contributed by atoms with Crippen molar-refractivity contribution in [2.45, 2.75) is 27.7 Å². The maximum Gasteiger partial charge on any atom is 0.0110 e. The quantitative estimate of drug-likeness (QED) is 0.759. The normalized spacial score (nSPS) is 23.7. The van der Waals surface area contributed by atoms with Gasteiger partial charge >= 0.3 is 0 Å². The monoisotopic (exact) mass is 255 g/mol. The Morgan fingerprint density at radius 1 is 0.889 bits per heavy atom. The van der Waals surface area contributed by atoms with E-state index in [2.05, 4.69) is 35.6 Å². The van der Waals surface area contributed by atoms with Gasteiger partial charge < -0.3 is 9.80 Å². The highest BCUT2D eigenvalue weighted by Crippen LogP contribution is 2.22. The van der Waals surface area contributed by atoms with Gasteiger partial charge in [-0.05, 0) is 18.9 Å². The van der Waals surface area contributed by atoms with Crippen molar-refractivity contribution in [3.05, 3.63) is 0 Å². The molecule has 0 aliphatic carbocycles. The van der Waals surface area contributed by atoms with E-state index in [-0.39, 0.29) is 0 Å². The smallest absolute Gasteiger partial charge is 0.0110 e. The Bertz CT molecular complexity index is 204. The van der Waals surface area contributed by atoms with Crippen LogP contribution in [0.15, 0.2) is 0 Å². The molecule has 18 heavy (non-hydrogen) atoms. The summed E-state index contributed by atoms with van der Waals surface area (Å²) in [7, 11) is 2.22. The third-order valence-corrected chi connectivity index (χ3v) is 4.26. The van der Waals surface area contributed by atoms with E-state index in [1.165, 1.54) is 52.4 Å². The molecule has 0 spiro atoms. The van der Waals surface area contributed by atoms with Crippen LogP contribution in [0, 0.1) is 11.8 Å². The minimum absolute atomic E-state index is 0.875. The lowest BCUT2D eigenvalue weighted by Gasteiger charge is -2.43. The zero-order valence-electron chi connectivity index (χ0n) is 13.2. The van der Waals surface area contributed by atoms with Gasteiger partial charge in [-0.25, -0.2) is 0 Å². The van der Waals surface area contributed by atoms with Gasteiger partial charge in [-0.2, -0.15) is 0 Å². The minimum atomic E-state index is 0.875. The molecule has 3 nitrogen and oxygen atoms in total. The molecule has 2 aliphatic heterocycles. The first-order valence-corrected chi connectivity index (χ1v) is 7.78. The third-order valence-electron chi connectivity index (χ3n) is 4.26. The van der Waals surface area contributed by atoms with Gasteiger partial charge in [0, 0.05) is 52.4 Å². The fraction of sp³-hybridized carbons (Fsp3) is 1.00. The van der Waals surface area contributed by atoms with E-state index in [0.29, 0.717) is 0 Å². The highest BCUT2D eigenvalue weighted by atomic mass is 15.3. The molecule has 2 heterocycles. The molecule has 0 aromatic carbocycles. The van der Waals surface area contributed by atoms with Crippen molar-refractivity contribution >= 4 is 0 Å². The summed E-state index contributed by atoms with van der Waals surface area (Å²) in [4.78, 5) is 7.65. The second-order valence-electron chi connectivity index (χ2n) is 5.91. The van der Waals surface area contributed by atoms with Crippen LogP contribution >= 0.6 is 0 Å². The molecule has 2 fully saturated rings. The highest BCUT2D eigenvalue weighted by molar-refractivity contribution is 4.82. The van der Waals surface area contributed by atoms with Crippen molar-refractivity contribution in [1.29, 1.82) is 0 Å². The Labute approximate surface area is 114 Å². The van der Waals surface area contributed by atoms with Gasteiger partial charge in [-0.15, -0.1) is 0 Å². The first-order chi connectivity index (χ1) is 8.65. The molecule has 0 amide bonds. The molecule has 0 N–H and O–H groups in total. The van der Waals surface area contributed by atoms with E-state index in [4.69, 9.17) is 0 Å². The fourth-order valence-electron chi connectivity index (χ4n) is 2.57. The number of nitrogens with zero attached hydrogens (tertiary/aromatic N) is 3. The molecule has 0 aromatic heterocycles. The second kappa shape index (κ2) is 8.13. The van der Waals surface area contributed by atoms with Crippen molar-refractivity contribution in [2.24, 2.45) is 11.8 Å². The number of likely N-dealkylation sites (tertiary alicyclic amines) is 1. The summed E-state index contributed by atoms with van der Waals surface area (Å²) in [5.41, 5.74) is 0.